The van der Waals surface area contributed by atoms with Crippen molar-refractivity contribution < 1.29 is 36.2 Å². The van der Waals surface area contributed by atoms with Gasteiger partial charge >= 0.3 is 5.97 Å². The van der Waals surface area contributed by atoms with Gasteiger partial charge in [-0.05, 0) is 13.8 Å². The van der Waals surface area contributed by atoms with Crippen LogP contribution in [0.1, 0.15) is 25.0 Å². The van der Waals surface area contributed by atoms with Crippen LogP contribution in [-0.2, 0) is 16.1 Å². The number of aliphatic hydroxyl groups is 1. The average Bonchev–Trinajstić information content (AvgIpc) is 2.52. The van der Waals surface area contributed by atoms with E-state index in [-0.39, 0.29) is 29.5 Å². The summed E-state index contributed by atoms with van der Waals surface area (Å²) < 4.78 is 6.51. The van der Waals surface area contributed by atoms with E-state index in [0.717, 1.165) is 5.01 Å². The van der Waals surface area contributed by atoms with E-state index >= 15 is 0 Å². The Kier molecular flexibility index (Phi) is 6.71. The number of thiazole rings is 1. The van der Waals surface area contributed by atoms with E-state index in [9.17, 15) is 9.90 Å². The fraction of sp³-hybridized carbons (Fsp3) is 0.556. The van der Waals surface area contributed by atoms with Gasteiger partial charge in [0.05, 0.1) is 12.0 Å². The molecule has 0 amide bonds. The van der Waals surface area contributed by atoms with Crippen molar-refractivity contribution in [3.63, 3.8) is 0 Å². The fourth-order valence-corrected chi connectivity index (χ4v) is 1.93. The van der Waals surface area contributed by atoms with Crippen LogP contribution in [0.2, 0.25) is 0 Å². The van der Waals surface area contributed by atoms with E-state index in [0.29, 0.717) is 6.61 Å². The molecule has 1 N–H and O–H groups in total. The number of carbonyl (C=O) groups excluding carboxylic acids is 1. The molecule has 0 saturated carbocycles. The number of carbonyl (C=O) groups is 1. The highest BCUT2D eigenvalue weighted by Gasteiger charge is 2.20. The summed E-state index contributed by atoms with van der Waals surface area (Å²) in [6.07, 6.45) is 1.22. The SMILES string of the molecule is CCOC(=O)C[n+]1ccsc1C(C)O.[Br-]. The van der Waals surface area contributed by atoms with E-state index in [1.807, 2.05) is 5.38 Å². The highest BCUT2D eigenvalue weighted by Crippen LogP contribution is 2.12. The summed E-state index contributed by atoms with van der Waals surface area (Å²) >= 11 is 1.42. The Labute approximate surface area is 103 Å². The molecule has 1 aromatic heterocycles. The quantitative estimate of drug-likeness (QED) is 0.500. The van der Waals surface area contributed by atoms with Crippen molar-refractivity contribution in [2.75, 3.05) is 6.61 Å². The monoisotopic (exact) mass is 295 g/mol. The number of hydrogen-bond acceptors (Lipinski definition) is 4. The van der Waals surface area contributed by atoms with Crippen LogP contribution < -0.4 is 21.5 Å². The largest absolute Gasteiger partial charge is 1.00 e. The molecule has 1 heterocycles. The molecule has 0 spiro atoms. The molecule has 15 heavy (non-hydrogen) atoms. The van der Waals surface area contributed by atoms with Crippen LogP contribution in [0, 0.1) is 0 Å². The number of esters is 1. The first-order valence-corrected chi connectivity index (χ1v) is 5.33. The van der Waals surface area contributed by atoms with Gasteiger partial charge in [0.1, 0.15) is 6.10 Å². The lowest BCUT2D eigenvalue weighted by atomic mass is 10.4. The lowest BCUT2D eigenvalue weighted by Crippen LogP contribution is -3.00. The van der Waals surface area contributed by atoms with Gasteiger partial charge in [0.15, 0.2) is 6.20 Å². The molecule has 0 aliphatic rings. The van der Waals surface area contributed by atoms with Crippen LogP contribution in [0.25, 0.3) is 0 Å². The van der Waals surface area contributed by atoms with Gasteiger partial charge in [-0.25, -0.2) is 4.79 Å². The Balaban J connectivity index is 0.00000196. The summed E-state index contributed by atoms with van der Waals surface area (Å²) in [4.78, 5) is 11.2. The number of ether oxygens (including phenoxy) is 1. The maximum atomic E-state index is 11.2. The van der Waals surface area contributed by atoms with E-state index in [2.05, 4.69) is 0 Å². The van der Waals surface area contributed by atoms with Crippen LogP contribution in [0.4, 0.5) is 0 Å². The second kappa shape index (κ2) is 6.92. The van der Waals surface area contributed by atoms with Crippen molar-refractivity contribution >= 4 is 17.3 Å². The molecule has 1 aromatic rings. The summed E-state index contributed by atoms with van der Waals surface area (Å²) in [5.41, 5.74) is 0. The number of aliphatic hydroxyl groups excluding tert-OH is 1. The topological polar surface area (TPSA) is 50.4 Å². The van der Waals surface area contributed by atoms with Crippen molar-refractivity contribution in [1.82, 2.24) is 0 Å². The molecule has 1 rings (SSSR count). The summed E-state index contributed by atoms with van der Waals surface area (Å²) in [6, 6.07) is 0. The lowest BCUT2D eigenvalue weighted by molar-refractivity contribution is -0.691. The van der Waals surface area contributed by atoms with Gasteiger partial charge in [0, 0.05) is 0 Å². The maximum absolute atomic E-state index is 11.2. The number of hydrogen-bond donors (Lipinski definition) is 1. The van der Waals surface area contributed by atoms with E-state index in [4.69, 9.17) is 4.74 Å². The first-order valence-electron chi connectivity index (χ1n) is 4.45. The smallest absolute Gasteiger partial charge is 0.372 e. The van der Waals surface area contributed by atoms with Gasteiger partial charge in [0.2, 0.25) is 6.54 Å². The molecule has 0 aliphatic carbocycles. The minimum Gasteiger partial charge on any atom is -1.00 e. The van der Waals surface area contributed by atoms with Crippen molar-refractivity contribution in [3.8, 4) is 0 Å². The highest BCUT2D eigenvalue weighted by atomic mass is 79.9. The molecule has 4 nitrogen and oxygen atoms in total. The molecule has 0 aromatic carbocycles. The Morgan fingerprint density at radius 3 is 2.93 bits per heavy atom. The molecular formula is C9H14BrNO3S. The third-order valence-electron chi connectivity index (χ3n) is 1.67. The van der Waals surface area contributed by atoms with Crippen molar-refractivity contribution in [1.29, 1.82) is 0 Å². The molecule has 0 saturated heterocycles. The zero-order valence-electron chi connectivity index (χ0n) is 8.64. The molecule has 1 atom stereocenters. The summed E-state index contributed by atoms with van der Waals surface area (Å²) in [5.74, 6) is -0.280. The molecule has 0 aliphatic heterocycles. The maximum Gasteiger partial charge on any atom is 0.372 e. The Hall–Kier alpha value is -0.460. The molecule has 0 radical (unpaired) electrons. The van der Waals surface area contributed by atoms with Gasteiger partial charge in [-0.3, -0.25) is 0 Å². The Morgan fingerprint density at radius 1 is 1.73 bits per heavy atom. The van der Waals surface area contributed by atoms with Gasteiger partial charge < -0.3 is 26.8 Å². The second-order valence-corrected chi connectivity index (χ2v) is 3.78. The molecule has 6 heteroatoms. The second-order valence-electron chi connectivity index (χ2n) is 2.85. The van der Waals surface area contributed by atoms with E-state index in [1.165, 1.54) is 11.3 Å². The molecule has 1 unspecified atom stereocenters. The predicted molar refractivity (Wildman–Crippen MR) is 51.8 cm³/mol. The minimum atomic E-state index is -0.551. The van der Waals surface area contributed by atoms with E-state index in [1.54, 1.807) is 24.6 Å². The van der Waals surface area contributed by atoms with E-state index < -0.39 is 6.10 Å². The standard InChI is InChI=1S/C9H14NO3S.BrH/c1-3-13-8(12)6-10-4-5-14-9(10)7(2)11;/h4-5,7,11H,3,6H2,1-2H3;1H/q+1;/p-1. The van der Waals surface area contributed by atoms with Gasteiger partial charge in [-0.1, -0.05) is 11.3 Å². The van der Waals surface area contributed by atoms with Crippen molar-refractivity contribution in [2.45, 2.75) is 26.5 Å². The molecule has 0 bridgehead atoms. The first kappa shape index (κ1) is 14.5. The normalized spacial score (nSPS) is 11.7. The Morgan fingerprint density at radius 2 is 2.40 bits per heavy atom. The summed E-state index contributed by atoms with van der Waals surface area (Å²) in [7, 11) is 0. The molecule has 0 fully saturated rings. The van der Waals surface area contributed by atoms with Crippen LogP contribution >= 0.6 is 11.3 Å². The lowest BCUT2D eigenvalue weighted by Gasteiger charge is -2.00. The summed E-state index contributed by atoms with van der Waals surface area (Å²) in [5, 5.41) is 12.0. The number of halogens is 1. The van der Waals surface area contributed by atoms with Crippen molar-refractivity contribution in [3.05, 3.63) is 16.6 Å². The first-order chi connectivity index (χ1) is 6.65. The highest BCUT2D eigenvalue weighted by molar-refractivity contribution is 7.09. The third-order valence-corrected chi connectivity index (χ3v) is 2.75. The predicted octanol–water partition coefficient (Wildman–Crippen LogP) is -2.34. The van der Waals surface area contributed by atoms with Crippen molar-refractivity contribution in [2.24, 2.45) is 0 Å². The van der Waals surface area contributed by atoms with Gasteiger partial charge in [-0.15, -0.1) is 0 Å². The minimum absolute atomic E-state index is 0. The average molecular weight is 296 g/mol. The number of aromatic nitrogens is 1. The zero-order valence-corrected chi connectivity index (χ0v) is 11.0. The number of rotatable bonds is 4. The van der Waals surface area contributed by atoms with Crippen LogP contribution in [0.3, 0.4) is 0 Å². The number of nitrogens with zero attached hydrogens (tertiary/aromatic N) is 1. The van der Waals surface area contributed by atoms with Crippen LogP contribution in [0.5, 0.6) is 0 Å². The fourth-order valence-electron chi connectivity index (χ4n) is 1.13. The molecule has 86 valence electrons. The van der Waals surface area contributed by atoms with Crippen LogP contribution in [-0.4, -0.2) is 17.7 Å². The zero-order chi connectivity index (χ0) is 10.6. The Bertz CT molecular complexity index is 314. The van der Waals surface area contributed by atoms with Crippen LogP contribution in [0.15, 0.2) is 11.6 Å². The van der Waals surface area contributed by atoms with Gasteiger partial charge in [0.25, 0.3) is 5.01 Å². The summed E-state index contributed by atoms with van der Waals surface area (Å²) in [6.45, 7) is 3.99. The van der Waals surface area contributed by atoms with Gasteiger partial charge in [-0.2, -0.15) is 4.57 Å². The molecular weight excluding hydrogens is 282 g/mol. The third kappa shape index (κ3) is 4.27.